The second-order valence-corrected chi connectivity index (χ2v) is 8.31. The zero-order valence-electron chi connectivity index (χ0n) is 18.7. The van der Waals surface area contributed by atoms with Crippen LogP contribution in [-0.4, -0.2) is 20.6 Å². The molecule has 33 heavy (non-hydrogen) atoms. The van der Waals surface area contributed by atoms with Crippen molar-refractivity contribution in [2.45, 2.75) is 26.8 Å². The molecule has 0 spiro atoms. The zero-order chi connectivity index (χ0) is 22.9. The molecule has 1 aliphatic heterocycles. The summed E-state index contributed by atoms with van der Waals surface area (Å²) in [4.78, 5) is 14.2. The van der Waals surface area contributed by atoms with Crippen LogP contribution in [0.5, 0.6) is 0 Å². The molecule has 2 aliphatic rings. The summed E-state index contributed by atoms with van der Waals surface area (Å²) in [5.74, 6) is -0.268. The fourth-order valence-electron chi connectivity index (χ4n) is 3.89. The van der Waals surface area contributed by atoms with Gasteiger partial charge >= 0.3 is 0 Å². The number of rotatable bonds is 4. The van der Waals surface area contributed by atoms with E-state index in [1.54, 1.807) is 12.1 Å². The number of para-hydroxylation sites is 2. The van der Waals surface area contributed by atoms with Crippen molar-refractivity contribution < 1.29 is 4.39 Å². The molecule has 5 nitrogen and oxygen atoms in total. The number of aromatic nitrogens is 3. The van der Waals surface area contributed by atoms with Gasteiger partial charge in [0.1, 0.15) is 5.82 Å². The Bertz CT molecular complexity index is 1470. The highest BCUT2D eigenvalue weighted by molar-refractivity contribution is 5.84. The van der Waals surface area contributed by atoms with Crippen LogP contribution in [0.25, 0.3) is 28.1 Å². The second-order valence-electron chi connectivity index (χ2n) is 8.31. The molecule has 164 valence electrons. The van der Waals surface area contributed by atoms with Crippen LogP contribution in [0.1, 0.15) is 19.5 Å². The average Bonchev–Trinajstić information content (AvgIpc) is 2.80. The van der Waals surface area contributed by atoms with Crippen LogP contribution in [0.3, 0.4) is 0 Å². The van der Waals surface area contributed by atoms with Gasteiger partial charge in [-0.3, -0.25) is 9.98 Å². The van der Waals surface area contributed by atoms with Crippen molar-refractivity contribution in [3.05, 3.63) is 95.9 Å². The molecule has 2 heterocycles. The molecule has 3 aromatic rings. The Balaban J connectivity index is 1.80. The maximum absolute atomic E-state index is 13.7. The lowest BCUT2D eigenvalue weighted by atomic mass is 10.1. The van der Waals surface area contributed by atoms with Gasteiger partial charge in [0.2, 0.25) is 0 Å². The lowest BCUT2D eigenvalue weighted by Crippen LogP contribution is -2.16. The van der Waals surface area contributed by atoms with Gasteiger partial charge in [-0.15, -0.1) is 0 Å². The first-order valence-electron chi connectivity index (χ1n) is 10.9. The number of halogens is 1. The molecule has 0 bridgehead atoms. The van der Waals surface area contributed by atoms with E-state index in [1.165, 1.54) is 12.1 Å². The molecule has 0 fully saturated rings. The van der Waals surface area contributed by atoms with Gasteiger partial charge in [-0.25, -0.2) is 9.37 Å². The zero-order valence-corrected chi connectivity index (χ0v) is 18.7. The van der Waals surface area contributed by atoms with Gasteiger partial charge in [0.05, 0.1) is 45.4 Å². The summed E-state index contributed by atoms with van der Waals surface area (Å²) in [6.45, 7) is 6.06. The maximum Gasteiger partial charge on any atom is 0.123 e. The van der Waals surface area contributed by atoms with E-state index in [0.717, 1.165) is 50.5 Å². The van der Waals surface area contributed by atoms with Crippen molar-refractivity contribution >= 4 is 22.4 Å². The number of aryl methyl sites for hydroxylation is 1. The molecule has 1 aliphatic carbocycles. The first kappa shape index (κ1) is 20.8. The van der Waals surface area contributed by atoms with E-state index in [4.69, 9.17) is 9.98 Å². The van der Waals surface area contributed by atoms with Crippen LogP contribution in [-0.2, 0) is 0 Å². The standard InChI is InChI=1S/C27H24FN5/c1-17(2)30-24-15-27-25(14-23(24)31-20-11-8-18(3)29-16-20)32-22-6-4-5-7-26(22)33(27)21-12-9-19(28)10-13-21/h4-17,31H,1-3H3/b30-24+. The minimum Gasteiger partial charge on any atom is -0.352 e. The summed E-state index contributed by atoms with van der Waals surface area (Å²) in [5.41, 5.74) is 7.05. The van der Waals surface area contributed by atoms with Crippen LogP contribution in [0.4, 0.5) is 15.8 Å². The summed E-state index contributed by atoms with van der Waals surface area (Å²) in [6, 6.07) is 22.6. The molecule has 0 amide bonds. The number of nitrogens with one attached hydrogen (secondary N) is 1. The molecular formula is C27H24FN5. The number of hydrogen-bond donors (Lipinski definition) is 1. The van der Waals surface area contributed by atoms with Crippen LogP contribution in [0, 0.1) is 12.7 Å². The molecule has 0 radical (unpaired) electrons. The van der Waals surface area contributed by atoms with E-state index in [-0.39, 0.29) is 11.9 Å². The van der Waals surface area contributed by atoms with Crippen LogP contribution < -0.4 is 10.7 Å². The largest absolute Gasteiger partial charge is 0.352 e. The lowest BCUT2D eigenvalue weighted by molar-refractivity contribution is 0.627. The molecular weight excluding hydrogens is 413 g/mol. The van der Waals surface area contributed by atoms with Crippen molar-refractivity contribution in [1.29, 1.82) is 0 Å². The molecule has 1 N–H and O–H groups in total. The SMILES string of the molecule is Cc1ccc(Nc2cc3nc4ccccc4n(-c4ccc(F)cc4)c-3c/c2=N\C(C)C)cn1. The number of benzene rings is 3. The highest BCUT2D eigenvalue weighted by atomic mass is 19.1. The second kappa shape index (κ2) is 8.47. The Kier molecular flexibility index (Phi) is 5.34. The van der Waals surface area contributed by atoms with Crippen LogP contribution in [0.2, 0.25) is 0 Å². The van der Waals surface area contributed by atoms with Crippen molar-refractivity contribution in [2.75, 3.05) is 5.32 Å². The van der Waals surface area contributed by atoms with Gasteiger partial charge in [0.25, 0.3) is 0 Å². The molecule has 5 rings (SSSR count). The van der Waals surface area contributed by atoms with Gasteiger partial charge in [-0.1, -0.05) is 12.1 Å². The Morgan fingerprint density at radius 1 is 0.970 bits per heavy atom. The maximum atomic E-state index is 13.7. The van der Waals surface area contributed by atoms with Gasteiger partial charge < -0.3 is 9.88 Å². The van der Waals surface area contributed by atoms with E-state index in [0.29, 0.717) is 0 Å². The van der Waals surface area contributed by atoms with Gasteiger partial charge in [-0.2, -0.15) is 0 Å². The molecule has 0 atom stereocenters. The van der Waals surface area contributed by atoms with Crippen LogP contribution >= 0.6 is 0 Å². The van der Waals surface area contributed by atoms with Gasteiger partial charge in [0, 0.05) is 17.4 Å². The van der Waals surface area contributed by atoms with Crippen molar-refractivity contribution in [2.24, 2.45) is 4.99 Å². The number of nitrogens with zero attached hydrogens (tertiary/aromatic N) is 4. The Morgan fingerprint density at radius 2 is 1.76 bits per heavy atom. The van der Waals surface area contributed by atoms with E-state index >= 15 is 0 Å². The first-order chi connectivity index (χ1) is 16.0. The molecule has 6 heteroatoms. The minimum atomic E-state index is -0.268. The fourth-order valence-corrected chi connectivity index (χ4v) is 3.89. The Morgan fingerprint density at radius 3 is 2.48 bits per heavy atom. The smallest absolute Gasteiger partial charge is 0.123 e. The number of anilines is 2. The number of hydrogen-bond acceptors (Lipinski definition) is 4. The van der Waals surface area contributed by atoms with Crippen molar-refractivity contribution in [1.82, 2.24) is 14.5 Å². The third-order valence-corrected chi connectivity index (χ3v) is 5.37. The molecule has 0 saturated heterocycles. The first-order valence-corrected chi connectivity index (χ1v) is 10.9. The van der Waals surface area contributed by atoms with Crippen molar-refractivity contribution in [3.8, 4) is 17.1 Å². The highest BCUT2D eigenvalue weighted by Crippen LogP contribution is 2.30. The molecule has 1 aromatic heterocycles. The van der Waals surface area contributed by atoms with E-state index < -0.39 is 0 Å². The summed E-state index contributed by atoms with van der Waals surface area (Å²) in [6.07, 6.45) is 1.81. The van der Waals surface area contributed by atoms with Gasteiger partial charge in [-0.05, 0) is 81.4 Å². The number of pyridine rings is 1. The predicted octanol–water partition coefficient (Wildman–Crippen LogP) is 6.03. The minimum absolute atomic E-state index is 0.104. The third-order valence-electron chi connectivity index (χ3n) is 5.37. The third kappa shape index (κ3) is 4.20. The Hall–Kier alpha value is -4.06. The highest BCUT2D eigenvalue weighted by Gasteiger charge is 2.17. The normalized spacial score (nSPS) is 12.1. The summed E-state index contributed by atoms with van der Waals surface area (Å²) < 4.78 is 15.8. The topological polar surface area (TPSA) is 55.1 Å². The monoisotopic (exact) mass is 437 g/mol. The molecule has 0 unspecified atom stereocenters. The van der Waals surface area contributed by atoms with Crippen LogP contribution in [0.15, 0.2) is 84.0 Å². The fraction of sp³-hybridized carbons (Fsp3) is 0.148. The lowest BCUT2D eigenvalue weighted by Gasteiger charge is -2.20. The van der Waals surface area contributed by atoms with E-state index in [1.807, 2.05) is 75.5 Å². The number of fused-ring (bicyclic) bond motifs is 2. The predicted molar refractivity (Wildman–Crippen MR) is 131 cm³/mol. The van der Waals surface area contributed by atoms with Crippen molar-refractivity contribution in [3.63, 3.8) is 0 Å². The van der Waals surface area contributed by atoms with E-state index in [2.05, 4.69) is 14.9 Å². The Labute approximate surface area is 191 Å². The summed E-state index contributed by atoms with van der Waals surface area (Å²) in [7, 11) is 0. The molecule has 0 saturated carbocycles. The van der Waals surface area contributed by atoms with Gasteiger partial charge in [0.15, 0.2) is 0 Å². The summed E-state index contributed by atoms with van der Waals surface area (Å²) >= 11 is 0. The quantitative estimate of drug-likeness (QED) is 0.350. The summed E-state index contributed by atoms with van der Waals surface area (Å²) in [5, 5.41) is 4.28. The molecule has 2 aromatic carbocycles. The van der Waals surface area contributed by atoms with E-state index in [9.17, 15) is 4.39 Å². The average molecular weight is 438 g/mol.